The van der Waals surface area contributed by atoms with E-state index in [1.165, 1.54) is 0 Å². The Bertz CT molecular complexity index is 1470. The number of nitrogens with zero attached hydrogens (tertiary/aromatic N) is 4. The summed E-state index contributed by atoms with van der Waals surface area (Å²) in [5.41, 5.74) is 3.21. The molecule has 4 aromatic heterocycles. The first-order chi connectivity index (χ1) is 15.9. The largest absolute Gasteiger partial charge is 0.458 e. The summed E-state index contributed by atoms with van der Waals surface area (Å²) < 4.78 is 7.81. The molecule has 0 bridgehead atoms. The van der Waals surface area contributed by atoms with Gasteiger partial charge in [0.25, 0.3) is 5.91 Å². The highest BCUT2D eigenvalue weighted by Crippen LogP contribution is 2.37. The topological polar surface area (TPSA) is 99.7 Å². The van der Waals surface area contributed by atoms with Crippen molar-refractivity contribution >= 4 is 22.4 Å². The first-order valence-corrected chi connectivity index (χ1v) is 10.9. The molecule has 2 N–H and O–H groups in total. The fourth-order valence-electron chi connectivity index (χ4n) is 4.71. The van der Waals surface area contributed by atoms with E-state index >= 15 is 0 Å². The van der Waals surface area contributed by atoms with Gasteiger partial charge in [0.05, 0.1) is 35.0 Å². The van der Waals surface area contributed by atoms with E-state index in [1.54, 1.807) is 35.8 Å². The number of carbonyl (C=O) groups is 1. The van der Waals surface area contributed by atoms with Crippen molar-refractivity contribution in [2.45, 2.75) is 31.9 Å². The Labute approximate surface area is 189 Å². The second kappa shape index (κ2) is 7.05. The zero-order chi connectivity index (χ0) is 22.7. The monoisotopic (exact) mass is 441 g/mol. The molecule has 8 heteroatoms. The summed E-state index contributed by atoms with van der Waals surface area (Å²) in [5, 5.41) is 16.0. The van der Waals surface area contributed by atoms with Gasteiger partial charge in [-0.1, -0.05) is 24.3 Å². The molecule has 0 saturated carbocycles. The first-order valence-electron chi connectivity index (χ1n) is 10.9. The average molecular weight is 441 g/mol. The number of hydrogen-bond donors (Lipinski definition) is 2. The molecule has 0 spiro atoms. The van der Waals surface area contributed by atoms with Gasteiger partial charge in [-0.05, 0) is 38.1 Å². The molecule has 1 amide bonds. The highest BCUT2D eigenvalue weighted by Gasteiger charge is 2.37. The number of pyridine rings is 1. The van der Waals surface area contributed by atoms with Gasteiger partial charge in [0.1, 0.15) is 23.0 Å². The fraction of sp³-hybridized carbons (Fsp3) is 0.240. The van der Waals surface area contributed by atoms with Crippen LogP contribution in [0, 0.1) is 0 Å². The second-order valence-electron chi connectivity index (χ2n) is 8.93. The summed E-state index contributed by atoms with van der Waals surface area (Å²) in [5.74, 6) is 0.517. The van der Waals surface area contributed by atoms with Crippen molar-refractivity contribution in [2.24, 2.45) is 0 Å². The number of amides is 1. The van der Waals surface area contributed by atoms with E-state index in [4.69, 9.17) is 4.42 Å². The third kappa shape index (κ3) is 3.06. The number of rotatable bonds is 3. The molecule has 5 aromatic rings. The number of nitrogens with one attached hydrogen (secondary N) is 1. The predicted octanol–water partition coefficient (Wildman–Crippen LogP) is 3.82. The number of benzene rings is 1. The van der Waals surface area contributed by atoms with E-state index in [9.17, 15) is 9.90 Å². The number of carbonyl (C=O) groups excluding carboxylic acids is 1. The van der Waals surface area contributed by atoms with Gasteiger partial charge in [0.15, 0.2) is 0 Å². The van der Waals surface area contributed by atoms with E-state index in [0.717, 1.165) is 22.4 Å². The summed E-state index contributed by atoms with van der Waals surface area (Å²) in [6.07, 6.45) is 3.91. The van der Waals surface area contributed by atoms with E-state index in [-0.39, 0.29) is 5.91 Å². The van der Waals surface area contributed by atoms with E-state index < -0.39 is 11.6 Å². The number of furan rings is 1. The van der Waals surface area contributed by atoms with Crippen LogP contribution in [-0.2, 0) is 12.0 Å². The summed E-state index contributed by atoms with van der Waals surface area (Å²) in [7, 11) is 0. The normalized spacial score (nSPS) is 16.5. The predicted molar refractivity (Wildman–Crippen MR) is 122 cm³/mol. The van der Waals surface area contributed by atoms with Crippen LogP contribution < -0.4 is 0 Å². The Balaban J connectivity index is 1.47. The molecule has 5 heterocycles. The molecule has 0 fully saturated rings. The zero-order valence-electron chi connectivity index (χ0n) is 18.3. The molecule has 0 unspecified atom stereocenters. The lowest BCUT2D eigenvalue weighted by Crippen LogP contribution is -2.40. The van der Waals surface area contributed by atoms with Crippen LogP contribution in [0.1, 0.15) is 53.1 Å². The van der Waals surface area contributed by atoms with Crippen LogP contribution in [0.25, 0.3) is 16.5 Å². The molecule has 166 valence electrons. The number of fused-ring (bicyclic) bond motifs is 3. The lowest BCUT2D eigenvalue weighted by atomic mass is 9.99. The van der Waals surface area contributed by atoms with Gasteiger partial charge < -0.3 is 19.4 Å². The van der Waals surface area contributed by atoms with E-state index in [1.807, 2.05) is 48.5 Å². The highest BCUT2D eigenvalue weighted by atomic mass is 16.3. The number of hydrogen-bond acceptors (Lipinski definition) is 5. The van der Waals surface area contributed by atoms with Gasteiger partial charge in [0, 0.05) is 24.0 Å². The number of imidazole rings is 1. The molecule has 1 aliphatic heterocycles. The maximum atomic E-state index is 13.9. The molecule has 8 nitrogen and oxygen atoms in total. The number of aromatic nitrogens is 4. The Kier molecular flexibility index (Phi) is 4.22. The van der Waals surface area contributed by atoms with Gasteiger partial charge in [-0.3, -0.25) is 4.79 Å². The maximum Gasteiger partial charge on any atom is 0.258 e. The van der Waals surface area contributed by atoms with Crippen molar-refractivity contribution < 1.29 is 14.3 Å². The zero-order valence-corrected chi connectivity index (χ0v) is 18.3. The third-order valence-electron chi connectivity index (χ3n) is 6.30. The third-order valence-corrected chi connectivity index (χ3v) is 6.30. The first kappa shape index (κ1) is 19.8. The van der Waals surface area contributed by atoms with Crippen LogP contribution >= 0.6 is 0 Å². The highest BCUT2D eigenvalue weighted by molar-refractivity contribution is 6.01. The van der Waals surface area contributed by atoms with Gasteiger partial charge in [0.2, 0.25) is 0 Å². The van der Waals surface area contributed by atoms with Crippen molar-refractivity contribution in [3.05, 3.63) is 89.5 Å². The molecule has 33 heavy (non-hydrogen) atoms. The summed E-state index contributed by atoms with van der Waals surface area (Å²) in [4.78, 5) is 23.4. The Morgan fingerprint density at radius 2 is 2.06 bits per heavy atom. The molecular weight excluding hydrogens is 418 g/mol. The van der Waals surface area contributed by atoms with Crippen LogP contribution in [-0.4, -0.2) is 42.0 Å². The quantitative estimate of drug-likeness (QED) is 0.443. The molecule has 0 aliphatic carbocycles. The minimum atomic E-state index is -1.10. The Hall–Kier alpha value is -3.91. The lowest BCUT2D eigenvalue weighted by Gasteiger charge is -2.33. The molecule has 6 rings (SSSR count). The number of aliphatic hydroxyl groups is 1. The molecule has 0 radical (unpaired) electrons. The standard InChI is InChI=1S/C25H23N5O3/c1-25(2,32)21-9-5-7-18-16(13-28-30(18)21)24(31)29-11-10-17-22(27-14-26-17)23(29)20-12-15-6-3-4-8-19(15)33-20/h3-9,12-14,23,32H,10-11H2,1-2H3,(H,26,27)/t23-/m1/s1. The number of H-pyrrole nitrogens is 1. The van der Waals surface area contributed by atoms with Gasteiger partial charge in [-0.15, -0.1) is 0 Å². The molecule has 0 saturated heterocycles. The molecular formula is C25H23N5O3. The van der Waals surface area contributed by atoms with Crippen LogP contribution in [0.3, 0.4) is 0 Å². The average Bonchev–Trinajstić information content (AvgIpc) is 3.54. The minimum absolute atomic E-state index is 0.156. The number of para-hydroxylation sites is 1. The Morgan fingerprint density at radius 1 is 1.21 bits per heavy atom. The van der Waals surface area contributed by atoms with Gasteiger partial charge in [-0.25, -0.2) is 9.50 Å². The summed E-state index contributed by atoms with van der Waals surface area (Å²) in [6, 6.07) is 14.8. The Morgan fingerprint density at radius 3 is 2.88 bits per heavy atom. The van der Waals surface area contributed by atoms with Crippen LogP contribution in [0.2, 0.25) is 0 Å². The van der Waals surface area contributed by atoms with Gasteiger partial charge >= 0.3 is 0 Å². The second-order valence-corrected chi connectivity index (χ2v) is 8.93. The molecule has 1 atom stereocenters. The number of aromatic amines is 1. The lowest BCUT2D eigenvalue weighted by molar-refractivity contribution is 0.0672. The summed E-state index contributed by atoms with van der Waals surface area (Å²) in [6.45, 7) is 3.91. The van der Waals surface area contributed by atoms with Crippen molar-refractivity contribution in [2.75, 3.05) is 6.54 Å². The van der Waals surface area contributed by atoms with E-state index in [0.29, 0.717) is 35.5 Å². The van der Waals surface area contributed by atoms with Crippen molar-refractivity contribution in [3.8, 4) is 0 Å². The molecule has 1 aromatic carbocycles. The SMILES string of the molecule is CC(C)(O)c1cccc2c(C(=O)N3CCc4[nH]cnc4[C@H]3c3cc4ccccc4o3)cnn12. The van der Waals surface area contributed by atoms with Crippen molar-refractivity contribution in [1.29, 1.82) is 0 Å². The van der Waals surface area contributed by atoms with Crippen LogP contribution in [0.5, 0.6) is 0 Å². The van der Waals surface area contributed by atoms with E-state index in [2.05, 4.69) is 15.1 Å². The van der Waals surface area contributed by atoms with Crippen LogP contribution in [0.4, 0.5) is 0 Å². The smallest absolute Gasteiger partial charge is 0.258 e. The van der Waals surface area contributed by atoms with Crippen molar-refractivity contribution in [3.63, 3.8) is 0 Å². The van der Waals surface area contributed by atoms with Gasteiger partial charge in [-0.2, -0.15) is 5.10 Å². The fourth-order valence-corrected chi connectivity index (χ4v) is 4.71. The van der Waals surface area contributed by atoms with Crippen molar-refractivity contribution in [1.82, 2.24) is 24.5 Å². The minimum Gasteiger partial charge on any atom is -0.458 e. The van der Waals surface area contributed by atoms with Crippen LogP contribution in [0.15, 0.2) is 65.5 Å². The summed E-state index contributed by atoms with van der Waals surface area (Å²) >= 11 is 0. The maximum absolute atomic E-state index is 13.9. The molecule has 1 aliphatic rings.